The summed E-state index contributed by atoms with van der Waals surface area (Å²) in [4.78, 5) is 36.8. The maximum Gasteiger partial charge on any atom is 0.407 e. The number of carbonyl (C=O) groups is 3. The summed E-state index contributed by atoms with van der Waals surface area (Å²) in [6, 6.07) is 16.3. The minimum absolute atomic E-state index is 0.0253. The van der Waals surface area contributed by atoms with Crippen LogP contribution in [0, 0.1) is 11.8 Å². The van der Waals surface area contributed by atoms with Crippen molar-refractivity contribution in [3.8, 4) is 11.1 Å². The number of nitrogens with one attached hydrogen (secondary N) is 2. The fraction of sp³-hybridized carbons (Fsp3) is 0.464. The molecule has 0 spiro atoms. The van der Waals surface area contributed by atoms with Crippen LogP contribution in [0.1, 0.15) is 63.0 Å². The highest BCUT2D eigenvalue weighted by molar-refractivity contribution is 5.81. The van der Waals surface area contributed by atoms with E-state index in [0.717, 1.165) is 17.5 Å². The number of carboxylic acids is 1. The van der Waals surface area contributed by atoms with Gasteiger partial charge < -0.3 is 20.5 Å². The second kappa shape index (κ2) is 10.5. The number of fused-ring (bicyclic) bond motifs is 3. The zero-order valence-corrected chi connectivity index (χ0v) is 20.4. The lowest BCUT2D eigenvalue weighted by Gasteiger charge is -2.41. The van der Waals surface area contributed by atoms with Crippen molar-refractivity contribution in [1.29, 1.82) is 0 Å². The molecule has 2 aromatic rings. The van der Waals surface area contributed by atoms with Gasteiger partial charge in [0.25, 0.3) is 0 Å². The lowest BCUT2D eigenvalue weighted by atomic mass is 9.74. The maximum absolute atomic E-state index is 12.7. The van der Waals surface area contributed by atoms with Gasteiger partial charge in [-0.3, -0.25) is 9.59 Å². The van der Waals surface area contributed by atoms with Crippen molar-refractivity contribution in [2.75, 3.05) is 13.2 Å². The Balaban J connectivity index is 1.32. The maximum atomic E-state index is 12.7. The largest absolute Gasteiger partial charge is 0.481 e. The summed E-state index contributed by atoms with van der Waals surface area (Å²) in [5.41, 5.74) is 3.99. The Morgan fingerprint density at radius 2 is 1.63 bits per heavy atom. The molecular weight excluding hydrogens is 444 g/mol. The highest BCUT2D eigenvalue weighted by Crippen LogP contribution is 2.44. The molecule has 2 aliphatic carbocycles. The molecule has 35 heavy (non-hydrogen) atoms. The Morgan fingerprint density at radius 1 is 1.03 bits per heavy atom. The van der Waals surface area contributed by atoms with E-state index < -0.39 is 23.5 Å². The quantitative estimate of drug-likeness (QED) is 0.459. The van der Waals surface area contributed by atoms with Gasteiger partial charge in [0.2, 0.25) is 5.91 Å². The molecule has 0 aliphatic heterocycles. The number of rotatable bonds is 10. The Morgan fingerprint density at radius 3 is 2.14 bits per heavy atom. The lowest BCUT2D eigenvalue weighted by Crippen LogP contribution is -2.56. The second-order valence-corrected chi connectivity index (χ2v) is 10.2. The first-order chi connectivity index (χ1) is 16.8. The Bertz CT molecular complexity index is 1050. The summed E-state index contributed by atoms with van der Waals surface area (Å²) in [7, 11) is 0. The van der Waals surface area contributed by atoms with E-state index in [4.69, 9.17) is 4.74 Å². The smallest absolute Gasteiger partial charge is 0.407 e. The molecule has 0 bridgehead atoms. The third-order valence-electron chi connectivity index (χ3n) is 7.17. The molecule has 0 aromatic heterocycles. The molecule has 2 aliphatic rings. The van der Waals surface area contributed by atoms with E-state index in [1.807, 2.05) is 38.1 Å². The molecule has 0 radical (unpaired) electrons. The van der Waals surface area contributed by atoms with Gasteiger partial charge in [-0.1, -0.05) is 62.4 Å². The van der Waals surface area contributed by atoms with Crippen LogP contribution in [0.15, 0.2) is 48.5 Å². The molecule has 1 fully saturated rings. The van der Waals surface area contributed by atoms with Gasteiger partial charge in [-0.15, -0.1) is 0 Å². The van der Waals surface area contributed by atoms with Crippen molar-refractivity contribution >= 4 is 18.0 Å². The van der Waals surface area contributed by atoms with Gasteiger partial charge in [-0.25, -0.2) is 4.79 Å². The van der Waals surface area contributed by atoms with Crippen molar-refractivity contribution in [2.24, 2.45) is 11.8 Å². The van der Waals surface area contributed by atoms with Crippen molar-refractivity contribution in [2.45, 2.75) is 57.4 Å². The Kier molecular flexibility index (Phi) is 7.43. The standard InChI is InChI=1S/C28H34N2O5/c1-18(2)14-19(26(32)33)16-29-25(31)15-28(12-7-13-28)30-27(34)35-17-24-22-10-5-3-8-20(22)21-9-4-6-11-23(21)24/h3-6,8-11,18-19,24H,7,12-17H2,1-2H3,(H,29,31)(H,30,34)(H,32,33). The number of ether oxygens (including phenoxy) is 1. The first-order valence-electron chi connectivity index (χ1n) is 12.4. The number of aliphatic carboxylic acids is 1. The number of alkyl carbamates (subject to hydrolysis) is 1. The lowest BCUT2D eigenvalue weighted by molar-refractivity contribution is -0.142. The topological polar surface area (TPSA) is 105 Å². The van der Waals surface area contributed by atoms with Crippen LogP contribution in [0.2, 0.25) is 0 Å². The highest BCUT2D eigenvalue weighted by Gasteiger charge is 2.41. The van der Waals surface area contributed by atoms with Crippen molar-refractivity contribution < 1.29 is 24.2 Å². The van der Waals surface area contributed by atoms with Crippen LogP contribution in [-0.2, 0) is 14.3 Å². The van der Waals surface area contributed by atoms with Crippen LogP contribution in [0.25, 0.3) is 11.1 Å². The minimum atomic E-state index is -0.908. The van der Waals surface area contributed by atoms with Crippen LogP contribution in [0.3, 0.4) is 0 Å². The molecule has 0 heterocycles. The summed E-state index contributed by atoms with van der Waals surface area (Å²) in [6.07, 6.45) is 2.40. The molecule has 1 atom stereocenters. The normalized spacial score (nSPS) is 16.5. The van der Waals surface area contributed by atoms with Crippen molar-refractivity contribution in [3.05, 3.63) is 59.7 Å². The minimum Gasteiger partial charge on any atom is -0.481 e. The van der Waals surface area contributed by atoms with E-state index in [0.29, 0.717) is 19.3 Å². The molecule has 186 valence electrons. The third-order valence-corrected chi connectivity index (χ3v) is 7.17. The summed E-state index contributed by atoms with van der Waals surface area (Å²) in [5, 5.41) is 15.1. The highest BCUT2D eigenvalue weighted by atomic mass is 16.5. The van der Waals surface area contributed by atoms with Gasteiger partial charge in [0.15, 0.2) is 0 Å². The Hall–Kier alpha value is -3.35. The number of benzene rings is 2. The number of carboxylic acid groups (broad SMARTS) is 1. The van der Waals surface area contributed by atoms with E-state index in [1.54, 1.807) is 0 Å². The van der Waals surface area contributed by atoms with Gasteiger partial charge in [0.05, 0.1) is 11.5 Å². The van der Waals surface area contributed by atoms with E-state index in [2.05, 4.69) is 34.9 Å². The van der Waals surface area contributed by atoms with Gasteiger partial charge in [0.1, 0.15) is 6.61 Å². The van der Waals surface area contributed by atoms with Crippen molar-refractivity contribution in [3.63, 3.8) is 0 Å². The molecule has 4 rings (SSSR count). The first kappa shape index (κ1) is 24.8. The molecule has 1 saturated carbocycles. The van der Waals surface area contributed by atoms with E-state index in [9.17, 15) is 19.5 Å². The number of hydrogen-bond donors (Lipinski definition) is 3. The molecule has 0 saturated heterocycles. The molecule has 2 aromatic carbocycles. The molecule has 3 N–H and O–H groups in total. The predicted octanol–water partition coefficient (Wildman–Crippen LogP) is 4.70. The zero-order valence-electron chi connectivity index (χ0n) is 20.4. The molecule has 2 amide bonds. The summed E-state index contributed by atoms with van der Waals surface area (Å²) in [6.45, 7) is 4.23. The third kappa shape index (κ3) is 5.66. The van der Waals surface area contributed by atoms with Gasteiger partial charge in [0, 0.05) is 18.9 Å². The molecule has 7 nitrogen and oxygen atoms in total. The second-order valence-electron chi connectivity index (χ2n) is 10.2. The summed E-state index contributed by atoms with van der Waals surface area (Å²) < 4.78 is 5.67. The van der Waals surface area contributed by atoms with Crippen LogP contribution in [0.4, 0.5) is 4.79 Å². The number of hydrogen-bond acceptors (Lipinski definition) is 4. The van der Waals surface area contributed by atoms with Crippen LogP contribution < -0.4 is 10.6 Å². The monoisotopic (exact) mass is 478 g/mol. The van der Waals surface area contributed by atoms with Crippen LogP contribution in [-0.4, -0.2) is 41.8 Å². The van der Waals surface area contributed by atoms with E-state index >= 15 is 0 Å². The molecule has 1 unspecified atom stereocenters. The fourth-order valence-electron chi connectivity index (χ4n) is 5.25. The average molecular weight is 479 g/mol. The summed E-state index contributed by atoms with van der Waals surface area (Å²) in [5.74, 6) is -1.58. The van der Waals surface area contributed by atoms with E-state index in [1.165, 1.54) is 11.1 Å². The first-order valence-corrected chi connectivity index (χ1v) is 12.4. The average Bonchev–Trinajstić information content (AvgIpc) is 3.12. The number of carbonyl (C=O) groups excluding carboxylic acids is 2. The van der Waals surface area contributed by atoms with Gasteiger partial charge in [-0.05, 0) is 53.9 Å². The SMILES string of the molecule is CC(C)CC(CNC(=O)CC1(NC(=O)OCC2c3ccccc3-c3ccccc32)CCC1)C(=O)O. The van der Waals surface area contributed by atoms with Gasteiger partial charge >= 0.3 is 12.1 Å². The molecular formula is C28H34N2O5. The van der Waals surface area contributed by atoms with E-state index in [-0.39, 0.29) is 37.3 Å². The van der Waals surface area contributed by atoms with Crippen LogP contribution >= 0.6 is 0 Å². The molecule has 7 heteroatoms. The number of amides is 2. The predicted molar refractivity (Wildman–Crippen MR) is 133 cm³/mol. The summed E-state index contributed by atoms with van der Waals surface area (Å²) >= 11 is 0. The van der Waals surface area contributed by atoms with Crippen molar-refractivity contribution in [1.82, 2.24) is 10.6 Å². The Labute approximate surface area is 206 Å². The zero-order chi connectivity index (χ0) is 25.0. The van der Waals surface area contributed by atoms with Gasteiger partial charge in [-0.2, -0.15) is 0 Å². The fourth-order valence-corrected chi connectivity index (χ4v) is 5.25. The van der Waals surface area contributed by atoms with Crippen LogP contribution in [0.5, 0.6) is 0 Å².